The van der Waals surface area contributed by atoms with Gasteiger partial charge in [0.05, 0.1) is 14.8 Å². The molecule has 0 aliphatic carbocycles. The quantitative estimate of drug-likeness (QED) is 0.718. The van der Waals surface area contributed by atoms with E-state index in [0.29, 0.717) is 5.69 Å². The van der Waals surface area contributed by atoms with Crippen LogP contribution in [0.25, 0.3) is 10.8 Å². The lowest BCUT2D eigenvalue weighted by Gasteiger charge is -2.09. The fourth-order valence-electron chi connectivity index (χ4n) is 2.07. The summed E-state index contributed by atoms with van der Waals surface area (Å²) in [5, 5.41) is 3.82. The van der Waals surface area contributed by atoms with Crippen LogP contribution in [0.2, 0.25) is 0 Å². The van der Waals surface area contributed by atoms with Crippen LogP contribution in [-0.4, -0.2) is 14.7 Å². The monoisotopic (exact) mass is 335 g/mol. The third-order valence-corrected chi connectivity index (χ3v) is 6.54. The first-order chi connectivity index (χ1) is 10.1. The highest BCUT2D eigenvalue weighted by atomic mass is 32.2. The van der Waals surface area contributed by atoms with Crippen LogP contribution in [0.5, 0.6) is 0 Å². The standard InChI is InChI=1S/C15H13NO2S3/c1-19-15-14(8-9-20-15)16-21(17,18)13-7-6-11-4-2-3-5-12(11)10-13/h2-10,16H,1H3. The number of thiophene rings is 1. The third kappa shape index (κ3) is 2.92. The van der Waals surface area contributed by atoms with E-state index in [1.807, 2.05) is 42.0 Å². The average Bonchev–Trinajstić information content (AvgIpc) is 2.93. The van der Waals surface area contributed by atoms with Crippen LogP contribution in [-0.2, 0) is 10.0 Å². The Kier molecular flexibility index (Phi) is 3.93. The zero-order chi connectivity index (χ0) is 14.9. The first kappa shape index (κ1) is 14.4. The Balaban J connectivity index is 2.00. The second-order valence-electron chi connectivity index (χ2n) is 4.44. The molecule has 0 atom stereocenters. The Morgan fingerprint density at radius 2 is 1.81 bits per heavy atom. The number of thioether (sulfide) groups is 1. The largest absolute Gasteiger partial charge is 0.278 e. The maximum Gasteiger partial charge on any atom is 0.261 e. The van der Waals surface area contributed by atoms with Crippen LogP contribution >= 0.6 is 23.1 Å². The van der Waals surface area contributed by atoms with Crippen molar-refractivity contribution in [2.75, 3.05) is 11.0 Å². The number of sulfonamides is 1. The van der Waals surface area contributed by atoms with Gasteiger partial charge in [0, 0.05) is 0 Å². The highest BCUT2D eigenvalue weighted by Gasteiger charge is 2.16. The summed E-state index contributed by atoms with van der Waals surface area (Å²) in [5.41, 5.74) is 0.639. The van der Waals surface area contributed by atoms with E-state index in [4.69, 9.17) is 0 Å². The Morgan fingerprint density at radius 1 is 1.05 bits per heavy atom. The van der Waals surface area contributed by atoms with Crippen LogP contribution in [0.15, 0.2) is 63.0 Å². The van der Waals surface area contributed by atoms with E-state index in [0.717, 1.165) is 15.0 Å². The summed E-state index contributed by atoms with van der Waals surface area (Å²) in [6.45, 7) is 0. The molecule has 1 aromatic heterocycles. The molecule has 0 aliphatic heterocycles. The summed E-state index contributed by atoms with van der Waals surface area (Å²) in [7, 11) is -3.56. The molecular weight excluding hydrogens is 322 g/mol. The number of anilines is 1. The maximum atomic E-state index is 12.5. The van der Waals surface area contributed by atoms with Gasteiger partial charge in [-0.1, -0.05) is 30.3 Å². The molecule has 3 rings (SSSR count). The number of rotatable bonds is 4. The van der Waals surface area contributed by atoms with Crippen LogP contribution in [0.4, 0.5) is 5.69 Å². The van der Waals surface area contributed by atoms with Gasteiger partial charge in [0.15, 0.2) is 0 Å². The van der Waals surface area contributed by atoms with Crippen molar-refractivity contribution in [3.05, 3.63) is 53.9 Å². The summed E-state index contributed by atoms with van der Waals surface area (Å²) < 4.78 is 28.6. The van der Waals surface area contributed by atoms with Gasteiger partial charge in [-0.2, -0.15) is 0 Å². The van der Waals surface area contributed by atoms with Crippen LogP contribution in [0.3, 0.4) is 0 Å². The molecular formula is C15H13NO2S3. The molecule has 0 saturated heterocycles. The minimum Gasteiger partial charge on any atom is -0.278 e. The highest BCUT2D eigenvalue weighted by molar-refractivity contribution is 8.00. The second kappa shape index (κ2) is 5.71. The molecule has 0 bridgehead atoms. The van der Waals surface area contributed by atoms with Gasteiger partial charge in [0.25, 0.3) is 10.0 Å². The minimum absolute atomic E-state index is 0.277. The lowest BCUT2D eigenvalue weighted by molar-refractivity contribution is 0.601. The Morgan fingerprint density at radius 3 is 2.57 bits per heavy atom. The Bertz CT molecular complexity index is 885. The molecule has 0 fully saturated rings. The molecule has 0 unspecified atom stereocenters. The highest BCUT2D eigenvalue weighted by Crippen LogP contribution is 2.33. The predicted molar refractivity (Wildman–Crippen MR) is 90.9 cm³/mol. The minimum atomic E-state index is -3.56. The third-order valence-electron chi connectivity index (χ3n) is 3.09. The van der Waals surface area contributed by atoms with Crippen molar-refractivity contribution in [1.29, 1.82) is 0 Å². The summed E-state index contributed by atoms with van der Waals surface area (Å²) in [6, 6.07) is 14.7. The number of benzene rings is 2. The van der Waals surface area contributed by atoms with Gasteiger partial charge in [0.2, 0.25) is 0 Å². The zero-order valence-corrected chi connectivity index (χ0v) is 13.7. The lowest BCUT2D eigenvalue weighted by Crippen LogP contribution is -2.12. The molecule has 1 heterocycles. The van der Waals surface area contributed by atoms with E-state index < -0.39 is 10.0 Å². The molecule has 6 heteroatoms. The van der Waals surface area contributed by atoms with Crippen molar-refractivity contribution in [3.8, 4) is 0 Å². The topological polar surface area (TPSA) is 46.2 Å². The normalized spacial score (nSPS) is 11.7. The molecule has 0 aliphatic rings. The number of hydrogen-bond donors (Lipinski definition) is 1. The molecule has 0 amide bonds. The van der Waals surface area contributed by atoms with E-state index in [-0.39, 0.29) is 4.90 Å². The van der Waals surface area contributed by atoms with Crippen LogP contribution in [0, 0.1) is 0 Å². The summed E-state index contributed by atoms with van der Waals surface area (Å²) in [6.07, 6.45) is 1.93. The lowest BCUT2D eigenvalue weighted by atomic mass is 10.1. The summed E-state index contributed by atoms with van der Waals surface area (Å²) in [4.78, 5) is 0.277. The fraction of sp³-hybridized carbons (Fsp3) is 0.0667. The van der Waals surface area contributed by atoms with Gasteiger partial charge in [-0.25, -0.2) is 8.42 Å². The molecule has 0 radical (unpaired) electrons. The SMILES string of the molecule is CSc1sccc1NS(=O)(=O)c1ccc2ccccc2c1. The molecule has 0 spiro atoms. The molecule has 1 N–H and O–H groups in total. The van der Waals surface area contributed by atoms with E-state index >= 15 is 0 Å². The average molecular weight is 335 g/mol. The second-order valence-corrected chi connectivity index (χ2v) is 8.11. The van der Waals surface area contributed by atoms with E-state index in [2.05, 4.69) is 4.72 Å². The van der Waals surface area contributed by atoms with Gasteiger partial charge in [-0.15, -0.1) is 23.1 Å². The predicted octanol–water partition coefficient (Wildman–Crippen LogP) is 4.42. The molecule has 2 aromatic carbocycles. The van der Waals surface area contributed by atoms with Crippen LogP contribution in [0.1, 0.15) is 0 Å². The number of hydrogen-bond acceptors (Lipinski definition) is 4. The van der Waals surface area contributed by atoms with E-state index in [1.165, 1.54) is 23.1 Å². The van der Waals surface area contributed by atoms with E-state index in [1.54, 1.807) is 18.2 Å². The Labute approximate surface area is 132 Å². The van der Waals surface area contributed by atoms with Gasteiger partial charge in [-0.05, 0) is 40.6 Å². The van der Waals surface area contributed by atoms with Crippen molar-refractivity contribution in [1.82, 2.24) is 0 Å². The molecule has 21 heavy (non-hydrogen) atoms. The zero-order valence-electron chi connectivity index (χ0n) is 11.2. The maximum absolute atomic E-state index is 12.5. The number of fused-ring (bicyclic) bond motifs is 1. The van der Waals surface area contributed by atoms with Crippen LogP contribution < -0.4 is 4.72 Å². The molecule has 3 nitrogen and oxygen atoms in total. The first-order valence-corrected chi connectivity index (χ1v) is 9.82. The molecule has 108 valence electrons. The summed E-state index contributed by atoms with van der Waals surface area (Å²) >= 11 is 3.06. The van der Waals surface area contributed by atoms with Crippen molar-refractivity contribution in [2.45, 2.75) is 9.10 Å². The van der Waals surface area contributed by atoms with Crippen molar-refractivity contribution < 1.29 is 8.42 Å². The fourth-order valence-corrected chi connectivity index (χ4v) is 4.77. The number of nitrogens with one attached hydrogen (secondary N) is 1. The van der Waals surface area contributed by atoms with Gasteiger partial charge >= 0.3 is 0 Å². The smallest absolute Gasteiger partial charge is 0.261 e. The molecule has 3 aromatic rings. The van der Waals surface area contributed by atoms with Crippen molar-refractivity contribution in [2.24, 2.45) is 0 Å². The van der Waals surface area contributed by atoms with E-state index in [9.17, 15) is 8.42 Å². The van der Waals surface area contributed by atoms with Gasteiger partial charge in [0.1, 0.15) is 0 Å². The first-order valence-electron chi connectivity index (χ1n) is 6.23. The summed E-state index contributed by atoms with van der Waals surface area (Å²) in [5.74, 6) is 0. The van der Waals surface area contributed by atoms with Gasteiger partial charge < -0.3 is 0 Å². The Hall–Kier alpha value is -1.50. The van der Waals surface area contributed by atoms with Gasteiger partial charge in [-0.3, -0.25) is 4.72 Å². The molecule has 0 saturated carbocycles. The van der Waals surface area contributed by atoms with Crippen molar-refractivity contribution in [3.63, 3.8) is 0 Å². The van der Waals surface area contributed by atoms with Crippen molar-refractivity contribution >= 4 is 49.6 Å².